The van der Waals surface area contributed by atoms with E-state index in [0.717, 1.165) is 19.0 Å². The average Bonchev–Trinajstić information content (AvgIpc) is 2.39. The molecule has 1 fully saturated rings. The van der Waals surface area contributed by atoms with E-state index in [9.17, 15) is 0 Å². The van der Waals surface area contributed by atoms with Crippen molar-refractivity contribution in [3.05, 3.63) is 35.4 Å². The number of piperidine rings is 1. The van der Waals surface area contributed by atoms with Gasteiger partial charge in [-0.15, -0.1) is 0 Å². The van der Waals surface area contributed by atoms with Gasteiger partial charge in [-0.25, -0.2) is 0 Å². The van der Waals surface area contributed by atoms with E-state index in [4.69, 9.17) is 5.73 Å². The molecule has 1 aromatic carbocycles. The maximum Gasteiger partial charge on any atom is 0.0320 e. The third kappa shape index (κ3) is 2.93. The van der Waals surface area contributed by atoms with E-state index in [2.05, 4.69) is 49.9 Å². The minimum atomic E-state index is 0.507. The molecular weight excluding hydrogens is 220 g/mol. The van der Waals surface area contributed by atoms with Crippen molar-refractivity contribution in [2.45, 2.75) is 33.2 Å². The molecule has 18 heavy (non-hydrogen) atoms. The highest BCUT2D eigenvalue weighted by atomic mass is 15.2. The number of nitrogens with zero attached hydrogens (tertiary/aromatic N) is 1. The maximum atomic E-state index is 5.89. The van der Waals surface area contributed by atoms with Crippen LogP contribution in [0.4, 0.5) is 0 Å². The first-order chi connectivity index (χ1) is 8.61. The molecule has 1 aromatic rings. The van der Waals surface area contributed by atoms with E-state index >= 15 is 0 Å². The van der Waals surface area contributed by atoms with Crippen molar-refractivity contribution < 1.29 is 0 Å². The molecule has 3 atom stereocenters. The first-order valence-electron chi connectivity index (χ1n) is 7.12. The van der Waals surface area contributed by atoms with Gasteiger partial charge < -0.3 is 5.73 Å². The van der Waals surface area contributed by atoms with Crippen molar-refractivity contribution in [3.8, 4) is 0 Å². The van der Waals surface area contributed by atoms with Crippen LogP contribution in [0.1, 0.15) is 37.4 Å². The lowest BCUT2D eigenvalue weighted by atomic mass is 9.86. The van der Waals surface area contributed by atoms with Crippen LogP contribution in [-0.2, 0) is 0 Å². The minimum Gasteiger partial charge on any atom is -0.330 e. The van der Waals surface area contributed by atoms with Crippen LogP contribution in [0.25, 0.3) is 0 Å². The second-order valence-corrected chi connectivity index (χ2v) is 5.84. The molecule has 0 spiro atoms. The quantitative estimate of drug-likeness (QED) is 0.888. The summed E-state index contributed by atoms with van der Waals surface area (Å²) in [5.41, 5.74) is 8.64. The van der Waals surface area contributed by atoms with Crippen LogP contribution in [0.2, 0.25) is 0 Å². The Morgan fingerprint density at radius 2 is 2.00 bits per heavy atom. The molecule has 2 heteroatoms. The van der Waals surface area contributed by atoms with E-state index in [1.807, 2.05) is 0 Å². The van der Waals surface area contributed by atoms with Gasteiger partial charge in [0.2, 0.25) is 0 Å². The summed E-state index contributed by atoms with van der Waals surface area (Å²) in [5, 5.41) is 0. The Labute approximate surface area is 111 Å². The standard InChI is InChI=1S/C16H26N2/c1-12-4-6-15(7-5-12)14(3)18-9-8-13(2)16(10-17)11-18/h4-7,13-14,16H,8-11,17H2,1-3H3. The number of hydrogen-bond donors (Lipinski definition) is 1. The van der Waals surface area contributed by atoms with Gasteiger partial charge in [-0.1, -0.05) is 36.8 Å². The van der Waals surface area contributed by atoms with Gasteiger partial charge in [0.25, 0.3) is 0 Å². The Hall–Kier alpha value is -0.860. The molecule has 0 saturated carbocycles. The average molecular weight is 246 g/mol. The number of aryl methyl sites for hydroxylation is 1. The van der Waals surface area contributed by atoms with Crippen LogP contribution < -0.4 is 5.73 Å². The molecular formula is C16H26N2. The SMILES string of the molecule is Cc1ccc(C(C)N2CCC(C)C(CN)C2)cc1. The van der Waals surface area contributed by atoms with Crippen LogP contribution in [-0.4, -0.2) is 24.5 Å². The van der Waals surface area contributed by atoms with E-state index < -0.39 is 0 Å². The maximum absolute atomic E-state index is 5.89. The van der Waals surface area contributed by atoms with E-state index in [-0.39, 0.29) is 0 Å². The van der Waals surface area contributed by atoms with Gasteiger partial charge in [-0.2, -0.15) is 0 Å². The molecule has 0 aliphatic carbocycles. The first kappa shape index (κ1) is 13.6. The Morgan fingerprint density at radius 1 is 1.33 bits per heavy atom. The fraction of sp³-hybridized carbons (Fsp3) is 0.625. The van der Waals surface area contributed by atoms with Crippen LogP contribution >= 0.6 is 0 Å². The lowest BCUT2D eigenvalue weighted by Gasteiger charge is -2.40. The zero-order chi connectivity index (χ0) is 13.1. The first-order valence-corrected chi connectivity index (χ1v) is 7.12. The van der Waals surface area contributed by atoms with Gasteiger partial charge in [0, 0.05) is 12.6 Å². The molecule has 1 aliphatic heterocycles. The summed E-state index contributed by atoms with van der Waals surface area (Å²) < 4.78 is 0. The Balaban J connectivity index is 2.05. The second kappa shape index (κ2) is 5.85. The van der Waals surface area contributed by atoms with Crippen LogP contribution in [0.5, 0.6) is 0 Å². The van der Waals surface area contributed by atoms with Crippen LogP contribution in [0.3, 0.4) is 0 Å². The highest BCUT2D eigenvalue weighted by molar-refractivity contribution is 5.23. The fourth-order valence-corrected chi connectivity index (χ4v) is 2.89. The third-order valence-corrected chi connectivity index (χ3v) is 4.56. The summed E-state index contributed by atoms with van der Waals surface area (Å²) in [4.78, 5) is 2.59. The van der Waals surface area contributed by atoms with Crippen molar-refractivity contribution >= 4 is 0 Å². The van der Waals surface area contributed by atoms with Gasteiger partial charge in [0.1, 0.15) is 0 Å². The topological polar surface area (TPSA) is 29.3 Å². The monoisotopic (exact) mass is 246 g/mol. The van der Waals surface area contributed by atoms with Gasteiger partial charge in [0.05, 0.1) is 0 Å². The molecule has 2 rings (SSSR count). The molecule has 0 bridgehead atoms. The number of likely N-dealkylation sites (tertiary alicyclic amines) is 1. The highest BCUT2D eigenvalue weighted by Gasteiger charge is 2.28. The molecule has 0 aromatic heterocycles. The third-order valence-electron chi connectivity index (χ3n) is 4.56. The summed E-state index contributed by atoms with van der Waals surface area (Å²) >= 11 is 0. The zero-order valence-electron chi connectivity index (χ0n) is 11.9. The summed E-state index contributed by atoms with van der Waals surface area (Å²) in [5.74, 6) is 1.43. The second-order valence-electron chi connectivity index (χ2n) is 5.84. The smallest absolute Gasteiger partial charge is 0.0320 e. The molecule has 1 aliphatic rings. The Bertz CT molecular complexity index is 371. The Kier molecular flexibility index (Phi) is 4.41. The normalized spacial score (nSPS) is 27.1. The summed E-state index contributed by atoms with van der Waals surface area (Å²) in [6.07, 6.45) is 1.28. The molecule has 2 N–H and O–H groups in total. The molecule has 0 amide bonds. The molecule has 2 nitrogen and oxygen atoms in total. The van der Waals surface area contributed by atoms with E-state index in [1.54, 1.807) is 0 Å². The zero-order valence-corrected chi connectivity index (χ0v) is 11.9. The van der Waals surface area contributed by atoms with Gasteiger partial charge >= 0.3 is 0 Å². The van der Waals surface area contributed by atoms with Crippen LogP contribution in [0, 0.1) is 18.8 Å². The summed E-state index contributed by atoms with van der Waals surface area (Å²) in [6, 6.07) is 9.44. The van der Waals surface area contributed by atoms with Crippen molar-refractivity contribution in [3.63, 3.8) is 0 Å². The summed E-state index contributed by atoms with van der Waals surface area (Å²) in [7, 11) is 0. The number of nitrogens with two attached hydrogens (primary N) is 1. The number of hydrogen-bond acceptors (Lipinski definition) is 2. The molecule has 100 valence electrons. The lowest BCUT2D eigenvalue weighted by molar-refractivity contribution is 0.0978. The molecule has 1 heterocycles. The molecule has 0 radical (unpaired) electrons. The number of rotatable bonds is 3. The molecule has 1 saturated heterocycles. The van der Waals surface area contributed by atoms with E-state index in [0.29, 0.717) is 12.0 Å². The van der Waals surface area contributed by atoms with Crippen LogP contribution in [0.15, 0.2) is 24.3 Å². The van der Waals surface area contributed by atoms with Crippen molar-refractivity contribution in [2.75, 3.05) is 19.6 Å². The van der Waals surface area contributed by atoms with Gasteiger partial charge in [0.15, 0.2) is 0 Å². The fourth-order valence-electron chi connectivity index (χ4n) is 2.89. The lowest BCUT2D eigenvalue weighted by Crippen LogP contribution is -2.43. The van der Waals surface area contributed by atoms with Gasteiger partial charge in [-0.05, 0) is 50.8 Å². The van der Waals surface area contributed by atoms with Crippen molar-refractivity contribution in [2.24, 2.45) is 17.6 Å². The van der Waals surface area contributed by atoms with Gasteiger partial charge in [-0.3, -0.25) is 4.90 Å². The highest BCUT2D eigenvalue weighted by Crippen LogP contribution is 2.29. The largest absolute Gasteiger partial charge is 0.330 e. The predicted molar refractivity (Wildman–Crippen MR) is 77.5 cm³/mol. The van der Waals surface area contributed by atoms with Crippen molar-refractivity contribution in [1.29, 1.82) is 0 Å². The molecule has 3 unspecified atom stereocenters. The number of benzene rings is 1. The van der Waals surface area contributed by atoms with Crippen molar-refractivity contribution in [1.82, 2.24) is 4.90 Å². The van der Waals surface area contributed by atoms with E-state index in [1.165, 1.54) is 24.1 Å². The predicted octanol–water partition coefficient (Wildman–Crippen LogP) is 2.97. The summed E-state index contributed by atoms with van der Waals surface area (Å²) in [6.45, 7) is 9.96. The Morgan fingerprint density at radius 3 is 2.61 bits per heavy atom. The minimum absolute atomic E-state index is 0.507.